The van der Waals surface area contributed by atoms with Crippen molar-refractivity contribution in [3.05, 3.63) is 58.4 Å². The lowest BCUT2D eigenvalue weighted by atomic mass is 10.0. The van der Waals surface area contributed by atoms with E-state index < -0.39 is 9.84 Å². The number of thiophene rings is 1. The number of aromatic nitrogens is 1. The summed E-state index contributed by atoms with van der Waals surface area (Å²) >= 11 is 1.83. The first-order chi connectivity index (χ1) is 13.5. The second kappa shape index (κ2) is 8.23. The Labute approximate surface area is 170 Å². The number of nitrogens with zero attached hydrogens (tertiary/aromatic N) is 1. The Morgan fingerprint density at radius 1 is 1.21 bits per heavy atom. The van der Waals surface area contributed by atoms with Gasteiger partial charge in [0.2, 0.25) is 0 Å². The molecule has 0 fully saturated rings. The SMILES string of the molecule is CS(=O)(=O)c1ccc2c(CCCCN3CC=C(c4cccs4)CC3)c[nH]c2c1. The highest BCUT2D eigenvalue weighted by atomic mass is 32.2. The zero-order chi connectivity index (χ0) is 19.6. The van der Waals surface area contributed by atoms with E-state index in [1.165, 1.54) is 28.7 Å². The second-order valence-corrected chi connectivity index (χ2v) is 10.5. The van der Waals surface area contributed by atoms with Crippen LogP contribution in [-0.2, 0) is 16.3 Å². The lowest BCUT2D eigenvalue weighted by molar-refractivity contribution is 0.295. The van der Waals surface area contributed by atoms with Crippen LogP contribution in [0.15, 0.2) is 52.9 Å². The third kappa shape index (κ3) is 4.40. The molecule has 0 radical (unpaired) electrons. The summed E-state index contributed by atoms with van der Waals surface area (Å²) in [6.45, 7) is 3.33. The molecule has 2 aromatic heterocycles. The number of hydrogen-bond donors (Lipinski definition) is 1. The van der Waals surface area contributed by atoms with Crippen LogP contribution in [0.4, 0.5) is 0 Å². The minimum atomic E-state index is -3.17. The Bertz CT molecular complexity index is 1080. The summed E-state index contributed by atoms with van der Waals surface area (Å²) in [6.07, 6.45) is 10.1. The summed E-state index contributed by atoms with van der Waals surface area (Å²) in [5.41, 5.74) is 3.67. The van der Waals surface area contributed by atoms with Crippen molar-refractivity contribution in [2.45, 2.75) is 30.6 Å². The van der Waals surface area contributed by atoms with Crippen LogP contribution in [0.3, 0.4) is 0 Å². The maximum atomic E-state index is 11.7. The van der Waals surface area contributed by atoms with Crippen LogP contribution in [0.2, 0.25) is 0 Å². The molecule has 0 saturated heterocycles. The molecule has 4 nitrogen and oxygen atoms in total. The Balaban J connectivity index is 1.28. The van der Waals surface area contributed by atoms with Crippen LogP contribution in [0.1, 0.15) is 29.7 Å². The molecular formula is C22H26N2O2S2. The second-order valence-electron chi connectivity index (χ2n) is 7.51. The summed E-state index contributed by atoms with van der Waals surface area (Å²) < 4.78 is 23.4. The van der Waals surface area contributed by atoms with Gasteiger partial charge in [0.15, 0.2) is 9.84 Å². The van der Waals surface area contributed by atoms with Crippen LogP contribution in [0.25, 0.3) is 16.5 Å². The maximum absolute atomic E-state index is 11.7. The highest BCUT2D eigenvalue weighted by Gasteiger charge is 2.14. The van der Waals surface area contributed by atoms with Gasteiger partial charge >= 0.3 is 0 Å². The Hall–Kier alpha value is -1.89. The lowest BCUT2D eigenvalue weighted by Gasteiger charge is -2.25. The van der Waals surface area contributed by atoms with Crippen molar-refractivity contribution in [3.63, 3.8) is 0 Å². The number of unbranched alkanes of at least 4 members (excludes halogenated alkanes) is 1. The van der Waals surface area contributed by atoms with E-state index in [0.717, 1.165) is 49.8 Å². The van der Waals surface area contributed by atoms with Gasteiger partial charge in [-0.2, -0.15) is 0 Å². The molecule has 0 unspecified atom stereocenters. The third-order valence-electron chi connectivity index (χ3n) is 5.47. The molecule has 0 bridgehead atoms. The average molecular weight is 415 g/mol. The molecule has 1 aromatic carbocycles. The van der Waals surface area contributed by atoms with Crippen molar-refractivity contribution >= 4 is 37.7 Å². The number of aromatic amines is 1. The first kappa shape index (κ1) is 19.4. The normalized spacial score (nSPS) is 15.8. The van der Waals surface area contributed by atoms with Gasteiger partial charge in [-0.15, -0.1) is 11.3 Å². The van der Waals surface area contributed by atoms with Crippen molar-refractivity contribution in [1.82, 2.24) is 9.88 Å². The smallest absolute Gasteiger partial charge is 0.175 e. The van der Waals surface area contributed by atoms with E-state index in [9.17, 15) is 8.42 Å². The van der Waals surface area contributed by atoms with Crippen molar-refractivity contribution in [2.24, 2.45) is 0 Å². The predicted octanol–water partition coefficient (Wildman–Crippen LogP) is 4.74. The van der Waals surface area contributed by atoms with Gasteiger partial charge < -0.3 is 4.98 Å². The molecule has 0 amide bonds. The zero-order valence-corrected chi connectivity index (χ0v) is 17.8. The van der Waals surface area contributed by atoms with Gasteiger partial charge in [-0.1, -0.05) is 18.2 Å². The molecule has 1 aliphatic rings. The van der Waals surface area contributed by atoms with Gasteiger partial charge in [-0.3, -0.25) is 4.90 Å². The number of H-pyrrole nitrogens is 1. The average Bonchev–Trinajstić information content (AvgIpc) is 3.35. The van der Waals surface area contributed by atoms with E-state index in [1.54, 1.807) is 12.1 Å². The molecule has 6 heteroatoms. The highest BCUT2D eigenvalue weighted by Crippen LogP contribution is 2.26. The van der Waals surface area contributed by atoms with Gasteiger partial charge in [0.1, 0.15) is 0 Å². The van der Waals surface area contributed by atoms with Gasteiger partial charge in [-0.05, 0) is 66.9 Å². The highest BCUT2D eigenvalue weighted by molar-refractivity contribution is 7.90. The number of aryl methyl sites for hydroxylation is 1. The zero-order valence-electron chi connectivity index (χ0n) is 16.1. The number of fused-ring (bicyclic) bond motifs is 1. The summed E-state index contributed by atoms with van der Waals surface area (Å²) in [6, 6.07) is 9.71. The fraction of sp³-hybridized carbons (Fsp3) is 0.364. The minimum absolute atomic E-state index is 0.369. The number of benzene rings is 1. The molecule has 0 aliphatic carbocycles. The topological polar surface area (TPSA) is 53.2 Å². The van der Waals surface area contributed by atoms with Crippen molar-refractivity contribution in [3.8, 4) is 0 Å². The monoisotopic (exact) mass is 414 g/mol. The van der Waals surface area contributed by atoms with Gasteiger partial charge in [-0.25, -0.2) is 8.42 Å². The molecule has 4 rings (SSSR count). The van der Waals surface area contributed by atoms with E-state index in [0.29, 0.717) is 4.90 Å². The molecular weight excluding hydrogens is 388 g/mol. The van der Waals surface area contributed by atoms with Crippen LogP contribution in [0, 0.1) is 0 Å². The molecule has 0 spiro atoms. The fourth-order valence-electron chi connectivity index (χ4n) is 3.85. The van der Waals surface area contributed by atoms with Crippen LogP contribution in [-0.4, -0.2) is 44.2 Å². The minimum Gasteiger partial charge on any atom is -0.361 e. The van der Waals surface area contributed by atoms with Crippen molar-refractivity contribution in [2.75, 3.05) is 25.9 Å². The van der Waals surface area contributed by atoms with E-state index in [4.69, 9.17) is 0 Å². The summed E-state index contributed by atoms with van der Waals surface area (Å²) in [5, 5.41) is 3.28. The number of sulfone groups is 1. The summed E-state index contributed by atoms with van der Waals surface area (Å²) in [5.74, 6) is 0. The van der Waals surface area contributed by atoms with Crippen LogP contribution < -0.4 is 0 Å². The van der Waals surface area contributed by atoms with E-state index >= 15 is 0 Å². The molecule has 0 atom stereocenters. The molecule has 3 aromatic rings. The molecule has 28 heavy (non-hydrogen) atoms. The number of rotatable bonds is 7. The van der Waals surface area contributed by atoms with E-state index in [-0.39, 0.29) is 0 Å². The fourth-order valence-corrected chi connectivity index (χ4v) is 5.30. The van der Waals surface area contributed by atoms with E-state index in [1.807, 2.05) is 23.6 Å². The molecule has 1 aliphatic heterocycles. The lowest BCUT2D eigenvalue weighted by Crippen LogP contribution is -2.29. The van der Waals surface area contributed by atoms with E-state index in [2.05, 4.69) is 33.5 Å². The largest absolute Gasteiger partial charge is 0.361 e. The third-order valence-corrected chi connectivity index (χ3v) is 7.52. The Morgan fingerprint density at radius 3 is 2.82 bits per heavy atom. The number of hydrogen-bond acceptors (Lipinski definition) is 4. The quantitative estimate of drug-likeness (QED) is 0.568. The van der Waals surface area contributed by atoms with Gasteiger partial charge in [0, 0.05) is 41.3 Å². The molecule has 148 valence electrons. The standard InChI is InChI=1S/C22H26N2O2S2/c1-28(25,26)19-7-8-20-18(16-23-21(20)15-19)5-2-3-11-24-12-9-17(10-13-24)22-6-4-14-27-22/h4,6-9,14-16,23H,2-3,5,10-13H2,1H3. The maximum Gasteiger partial charge on any atom is 0.175 e. The first-order valence-corrected chi connectivity index (χ1v) is 12.5. The van der Waals surface area contributed by atoms with Gasteiger partial charge in [0.05, 0.1) is 4.90 Å². The Kier molecular flexibility index (Phi) is 5.71. The summed E-state index contributed by atoms with van der Waals surface area (Å²) in [7, 11) is -3.17. The van der Waals surface area contributed by atoms with Crippen molar-refractivity contribution in [1.29, 1.82) is 0 Å². The van der Waals surface area contributed by atoms with Crippen LogP contribution >= 0.6 is 11.3 Å². The van der Waals surface area contributed by atoms with Crippen LogP contribution in [0.5, 0.6) is 0 Å². The molecule has 0 saturated carbocycles. The van der Waals surface area contributed by atoms with Gasteiger partial charge in [0.25, 0.3) is 0 Å². The predicted molar refractivity (Wildman–Crippen MR) is 118 cm³/mol. The Morgan fingerprint density at radius 2 is 2.11 bits per heavy atom. The van der Waals surface area contributed by atoms with Crippen molar-refractivity contribution < 1.29 is 8.42 Å². The molecule has 1 N–H and O–H groups in total. The number of nitrogens with one attached hydrogen (secondary N) is 1. The first-order valence-electron chi connectivity index (χ1n) is 9.76. The molecule has 3 heterocycles. The summed E-state index contributed by atoms with van der Waals surface area (Å²) in [4.78, 5) is 7.54.